The molecule has 1 atom stereocenters. The first-order chi connectivity index (χ1) is 7.95. The number of aromatic nitrogens is 2. The molecule has 0 saturated heterocycles. The van der Waals surface area contributed by atoms with Crippen LogP contribution in [0.3, 0.4) is 0 Å². The van der Waals surface area contributed by atoms with Crippen molar-refractivity contribution in [2.24, 2.45) is 5.41 Å². The minimum atomic E-state index is 0.390. The first-order valence-electron chi connectivity index (χ1n) is 6.23. The SMILES string of the molecule is CCCNc1nc(C2CC2(C)C)nc(C)c1I. The molecule has 1 heterocycles. The van der Waals surface area contributed by atoms with Gasteiger partial charge in [-0.25, -0.2) is 9.97 Å². The Morgan fingerprint density at radius 1 is 1.41 bits per heavy atom. The maximum absolute atomic E-state index is 4.70. The molecule has 1 aromatic heterocycles. The molecule has 1 aliphatic carbocycles. The average Bonchev–Trinajstić information content (AvgIpc) is 2.90. The largest absolute Gasteiger partial charge is 0.369 e. The van der Waals surface area contributed by atoms with Crippen LogP contribution in [0.5, 0.6) is 0 Å². The van der Waals surface area contributed by atoms with Crippen molar-refractivity contribution in [1.29, 1.82) is 0 Å². The van der Waals surface area contributed by atoms with Gasteiger partial charge in [0, 0.05) is 12.5 Å². The predicted molar refractivity (Wildman–Crippen MR) is 79.4 cm³/mol. The summed E-state index contributed by atoms with van der Waals surface area (Å²) in [7, 11) is 0. The van der Waals surface area contributed by atoms with Gasteiger partial charge in [0.25, 0.3) is 0 Å². The Morgan fingerprint density at radius 3 is 2.59 bits per heavy atom. The Labute approximate surface area is 117 Å². The molecule has 1 unspecified atom stereocenters. The van der Waals surface area contributed by atoms with E-state index in [0.29, 0.717) is 11.3 Å². The molecule has 0 aliphatic heterocycles. The normalized spacial score (nSPS) is 21.4. The topological polar surface area (TPSA) is 37.8 Å². The monoisotopic (exact) mass is 345 g/mol. The smallest absolute Gasteiger partial charge is 0.143 e. The van der Waals surface area contributed by atoms with E-state index in [9.17, 15) is 0 Å². The van der Waals surface area contributed by atoms with E-state index in [2.05, 4.69) is 60.6 Å². The van der Waals surface area contributed by atoms with E-state index in [1.54, 1.807) is 0 Å². The second-order valence-corrected chi connectivity index (χ2v) is 6.58. The summed E-state index contributed by atoms with van der Waals surface area (Å²) in [5, 5.41) is 3.40. The zero-order valence-electron chi connectivity index (χ0n) is 11.0. The van der Waals surface area contributed by atoms with Crippen molar-refractivity contribution in [3.63, 3.8) is 0 Å². The lowest BCUT2D eigenvalue weighted by atomic mass is 10.1. The Morgan fingerprint density at radius 2 is 2.06 bits per heavy atom. The molecule has 94 valence electrons. The van der Waals surface area contributed by atoms with Gasteiger partial charge >= 0.3 is 0 Å². The minimum absolute atomic E-state index is 0.390. The van der Waals surface area contributed by atoms with Gasteiger partial charge in [0.15, 0.2) is 0 Å². The molecule has 0 radical (unpaired) electrons. The lowest BCUT2D eigenvalue weighted by Crippen LogP contribution is -2.09. The van der Waals surface area contributed by atoms with E-state index in [1.165, 1.54) is 6.42 Å². The van der Waals surface area contributed by atoms with Crippen molar-refractivity contribution in [3.8, 4) is 0 Å². The fourth-order valence-corrected chi connectivity index (χ4v) is 2.44. The number of hydrogen-bond donors (Lipinski definition) is 1. The van der Waals surface area contributed by atoms with Crippen LogP contribution in [0.25, 0.3) is 0 Å². The van der Waals surface area contributed by atoms with Gasteiger partial charge in [-0.2, -0.15) is 0 Å². The molecule has 1 aromatic rings. The maximum atomic E-state index is 4.70. The van der Waals surface area contributed by atoms with E-state index in [4.69, 9.17) is 4.98 Å². The van der Waals surface area contributed by atoms with Crippen LogP contribution in [-0.4, -0.2) is 16.5 Å². The molecule has 0 bridgehead atoms. The molecule has 0 spiro atoms. The summed E-state index contributed by atoms with van der Waals surface area (Å²) >= 11 is 2.33. The van der Waals surface area contributed by atoms with E-state index in [1.807, 2.05) is 0 Å². The van der Waals surface area contributed by atoms with Crippen molar-refractivity contribution in [2.45, 2.75) is 46.5 Å². The van der Waals surface area contributed by atoms with Crippen LogP contribution in [-0.2, 0) is 0 Å². The summed E-state index contributed by atoms with van der Waals surface area (Å²) in [5.41, 5.74) is 1.48. The summed E-state index contributed by atoms with van der Waals surface area (Å²) < 4.78 is 1.15. The molecule has 1 fully saturated rings. The van der Waals surface area contributed by atoms with Crippen molar-refractivity contribution >= 4 is 28.4 Å². The standard InChI is InChI=1S/C13H20IN3/c1-5-6-15-12-10(14)8(2)16-11(17-12)9-7-13(9,3)4/h9H,5-7H2,1-4H3,(H,15,16,17). The third-order valence-corrected chi connectivity index (χ3v) is 4.69. The maximum Gasteiger partial charge on any atom is 0.143 e. The highest BCUT2D eigenvalue weighted by Gasteiger charge is 2.48. The molecule has 3 nitrogen and oxygen atoms in total. The van der Waals surface area contributed by atoms with Crippen LogP contribution >= 0.6 is 22.6 Å². The Kier molecular flexibility index (Phi) is 3.61. The van der Waals surface area contributed by atoms with Gasteiger partial charge in [0.05, 0.1) is 9.26 Å². The molecule has 0 aromatic carbocycles. The van der Waals surface area contributed by atoms with E-state index in [0.717, 1.165) is 33.9 Å². The Bertz CT molecular complexity index is 429. The molecule has 17 heavy (non-hydrogen) atoms. The Hall–Kier alpha value is -0.390. The summed E-state index contributed by atoms with van der Waals surface area (Å²) in [6.45, 7) is 9.78. The molecule has 1 aliphatic rings. The number of nitrogens with zero attached hydrogens (tertiary/aromatic N) is 2. The van der Waals surface area contributed by atoms with Crippen molar-refractivity contribution in [3.05, 3.63) is 15.1 Å². The highest BCUT2D eigenvalue weighted by Crippen LogP contribution is 2.57. The number of halogens is 1. The van der Waals surface area contributed by atoms with Gasteiger partial charge in [0.1, 0.15) is 11.6 Å². The van der Waals surface area contributed by atoms with Crippen LogP contribution in [0.15, 0.2) is 0 Å². The molecule has 1 saturated carbocycles. The summed E-state index contributed by atoms with van der Waals surface area (Å²) in [5.74, 6) is 2.57. The third-order valence-electron chi connectivity index (χ3n) is 3.40. The second-order valence-electron chi connectivity index (χ2n) is 5.50. The number of anilines is 1. The van der Waals surface area contributed by atoms with Gasteiger partial charge in [-0.15, -0.1) is 0 Å². The van der Waals surface area contributed by atoms with Crippen LogP contribution in [0.1, 0.15) is 51.0 Å². The van der Waals surface area contributed by atoms with Crippen LogP contribution < -0.4 is 5.32 Å². The number of nitrogens with one attached hydrogen (secondary N) is 1. The molecule has 4 heteroatoms. The fourth-order valence-electron chi connectivity index (χ4n) is 2.01. The second kappa shape index (κ2) is 4.71. The zero-order valence-corrected chi connectivity index (χ0v) is 13.1. The quantitative estimate of drug-likeness (QED) is 0.845. The van der Waals surface area contributed by atoms with Gasteiger partial charge < -0.3 is 5.32 Å². The van der Waals surface area contributed by atoms with Crippen LogP contribution in [0.4, 0.5) is 5.82 Å². The van der Waals surface area contributed by atoms with Crippen molar-refractivity contribution in [1.82, 2.24) is 9.97 Å². The Balaban J connectivity index is 2.27. The zero-order chi connectivity index (χ0) is 12.6. The van der Waals surface area contributed by atoms with Crippen molar-refractivity contribution in [2.75, 3.05) is 11.9 Å². The third kappa shape index (κ3) is 2.72. The minimum Gasteiger partial charge on any atom is -0.369 e. The molecular formula is C13H20IN3. The van der Waals surface area contributed by atoms with Crippen LogP contribution in [0, 0.1) is 15.9 Å². The predicted octanol–water partition coefficient (Wildman–Crippen LogP) is 3.73. The van der Waals surface area contributed by atoms with E-state index >= 15 is 0 Å². The number of hydrogen-bond acceptors (Lipinski definition) is 3. The lowest BCUT2D eigenvalue weighted by Gasteiger charge is -2.11. The number of rotatable bonds is 4. The van der Waals surface area contributed by atoms with Gasteiger partial charge in [-0.05, 0) is 47.8 Å². The number of aryl methyl sites for hydroxylation is 1. The van der Waals surface area contributed by atoms with Gasteiger partial charge in [-0.3, -0.25) is 0 Å². The molecule has 2 rings (SSSR count). The van der Waals surface area contributed by atoms with Gasteiger partial charge in [-0.1, -0.05) is 20.8 Å². The first-order valence-corrected chi connectivity index (χ1v) is 7.31. The molecular weight excluding hydrogens is 325 g/mol. The lowest BCUT2D eigenvalue weighted by molar-refractivity contribution is 0.607. The molecule has 0 amide bonds. The fraction of sp³-hybridized carbons (Fsp3) is 0.692. The van der Waals surface area contributed by atoms with E-state index in [-0.39, 0.29) is 0 Å². The van der Waals surface area contributed by atoms with Gasteiger partial charge in [0.2, 0.25) is 0 Å². The highest BCUT2D eigenvalue weighted by molar-refractivity contribution is 14.1. The summed E-state index contributed by atoms with van der Waals surface area (Å²) in [4.78, 5) is 9.34. The summed E-state index contributed by atoms with van der Waals surface area (Å²) in [6, 6.07) is 0. The highest BCUT2D eigenvalue weighted by atomic mass is 127. The first kappa shape index (κ1) is 13.1. The van der Waals surface area contributed by atoms with Crippen LogP contribution in [0.2, 0.25) is 0 Å². The molecule has 1 N–H and O–H groups in total. The average molecular weight is 345 g/mol. The van der Waals surface area contributed by atoms with Crippen molar-refractivity contribution < 1.29 is 0 Å². The van der Waals surface area contributed by atoms with E-state index < -0.39 is 0 Å². The summed E-state index contributed by atoms with van der Waals surface area (Å²) in [6.07, 6.45) is 2.32.